The van der Waals surface area contributed by atoms with Gasteiger partial charge in [-0.3, -0.25) is 4.90 Å². The molecule has 5 heteroatoms. The van der Waals surface area contributed by atoms with Crippen molar-refractivity contribution >= 4 is 0 Å². The molecule has 5 nitrogen and oxygen atoms in total. The normalized spacial score (nSPS) is 32.4. The SMILES string of the molecule is COc1ccc2c(c1)OC[C@@]1(CO)CN(C3CC(C)(C)NC(C)(C)C3)C[C@@H]21. The third kappa shape index (κ3) is 3.34. The fraction of sp³-hybridized carbons (Fsp3) is 0.727. The Balaban J connectivity index is 1.63. The zero-order chi connectivity index (χ0) is 19.4. The fourth-order valence-electron chi connectivity index (χ4n) is 5.87. The second kappa shape index (κ2) is 6.36. The molecule has 2 N–H and O–H groups in total. The second-order valence-corrected chi connectivity index (χ2v) is 10.1. The van der Waals surface area contributed by atoms with Gasteiger partial charge in [-0.15, -0.1) is 0 Å². The highest BCUT2D eigenvalue weighted by atomic mass is 16.5. The highest BCUT2D eigenvalue weighted by Gasteiger charge is 2.53. The molecule has 0 unspecified atom stereocenters. The van der Waals surface area contributed by atoms with Crippen LogP contribution in [0.3, 0.4) is 0 Å². The van der Waals surface area contributed by atoms with E-state index in [1.165, 1.54) is 5.56 Å². The van der Waals surface area contributed by atoms with E-state index in [-0.39, 0.29) is 23.1 Å². The van der Waals surface area contributed by atoms with Gasteiger partial charge in [-0.25, -0.2) is 0 Å². The Labute approximate surface area is 163 Å². The third-order valence-electron chi connectivity index (χ3n) is 6.79. The number of nitrogens with zero attached hydrogens (tertiary/aromatic N) is 1. The van der Waals surface area contributed by atoms with Gasteiger partial charge in [0.2, 0.25) is 0 Å². The van der Waals surface area contributed by atoms with Crippen molar-refractivity contribution in [3.05, 3.63) is 23.8 Å². The average Bonchev–Trinajstić information content (AvgIpc) is 2.99. The molecular weight excluding hydrogens is 340 g/mol. The van der Waals surface area contributed by atoms with Gasteiger partial charge in [0.25, 0.3) is 0 Å². The summed E-state index contributed by atoms with van der Waals surface area (Å²) in [4.78, 5) is 2.62. The van der Waals surface area contributed by atoms with E-state index in [0.29, 0.717) is 18.6 Å². The lowest BCUT2D eigenvalue weighted by atomic mass is 9.74. The fourth-order valence-corrected chi connectivity index (χ4v) is 5.87. The van der Waals surface area contributed by atoms with Crippen molar-refractivity contribution in [2.24, 2.45) is 5.41 Å². The number of likely N-dealkylation sites (tertiary alicyclic amines) is 1. The number of piperidine rings is 1. The zero-order valence-corrected chi connectivity index (χ0v) is 17.3. The molecule has 0 aromatic heterocycles. The van der Waals surface area contributed by atoms with Crippen molar-refractivity contribution in [2.75, 3.05) is 33.4 Å². The maximum atomic E-state index is 10.4. The summed E-state index contributed by atoms with van der Waals surface area (Å²) in [7, 11) is 1.68. The predicted molar refractivity (Wildman–Crippen MR) is 107 cm³/mol. The summed E-state index contributed by atoms with van der Waals surface area (Å²) in [5.74, 6) is 2.04. The molecule has 0 aliphatic carbocycles. The Morgan fingerprint density at radius 2 is 1.93 bits per heavy atom. The maximum Gasteiger partial charge on any atom is 0.126 e. The number of benzene rings is 1. The molecule has 0 bridgehead atoms. The Kier molecular flexibility index (Phi) is 4.48. The van der Waals surface area contributed by atoms with Crippen LogP contribution in [0.5, 0.6) is 11.5 Å². The van der Waals surface area contributed by atoms with Crippen LogP contribution in [0, 0.1) is 5.41 Å². The smallest absolute Gasteiger partial charge is 0.126 e. The van der Waals surface area contributed by atoms with Crippen molar-refractivity contribution in [1.82, 2.24) is 10.2 Å². The molecule has 1 aromatic carbocycles. The molecule has 3 aliphatic heterocycles. The number of nitrogens with one attached hydrogen (secondary N) is 1. The summed E-state index contributed by atoms with van der Waals surface area (Å²) in [5.41, 5.74) is 1.25. The molecule has 3 heterocycles. The molecule has 0 amide bonds. The van der Waals surface area contributed by atoms with Crippen LogP contribution in [-0.2, 0) is 0 Å². The monoisotopic (exact) mass is 374 g/mol. The number of aliphatic hydroxyl groups excluding tert-OH is 1. The Hall–Kier alpha value is -1.30. The number of rotatable bonds is 3. The molecule has 0 spiro atoms. The van der Waals surface area contributed by atoms with Gasteiger partial charge in [-0.1, -0.05) is 6.07 Å². The van der Waals surface area contributed by atoms with Crippen LogP contribution in [-0.4, -0.2) is 60.5 Å². The van der Waals surface area contributed by atoms with Gasteiger partial charge in [-0.2, -0.15) is 0 Å². The van der Waals surface area contributed by atoms with Gasteiger partial charge >= 0.3 is 0 Å². The highest BCUT2D eigenvalue weighted by Crippen LogP contribution is 2.51. The van der Waals surface area contributed by atoms with Gasteiger partial charge < -0.3 is 19.9 Å². The first-order valence-corrected chi connectivity index (χ1v) is 10.1. The van der Waals surface area contributed by atoms with Crippen molar-refractivity contribution < 1.29 is 14.6 Å². The standard InChI is InChI=1S/C22H34N2O3/c1-20(2)9-15(10-21(3,4)23-20)24-11-18-17-7-6-16(26-5)8-19(17)27-14-22(18,12-24)13-25/h6-8,15,18,23,25H,9-14H2,1-5H3/t18-,22-/m0/s1. The largest absolute Gasteiger partial charge is 0.497 e. The van der Waals surface area contributed by atoms with E-state index in [1.807, 2.05) is 12.1 Å². The zero-order valence-electron chi connectivity index (χ0n) is 17.3. The molecule has 27 heavy (non-hydrogen) atoms. The quantitative estimate of drug-likeness (QED) is 0.852. The summed E-state index contributed by atoms with van der Waals surface area (Å²) in [6.07, 6.45) is 2.25. The Bertz CT molecular complexity index is 702. The van der Waals surface area contributed by atoms with Crippen LogP contribution >= 0.6 is 0 Å². The Morgan fingerprint density at radius 1 is 1.22 bits per heavy atom. The van der Waals surface area contributed by atoms with Gasteiger partial charge in [0.1, 0.15) is 11.5 Å². The molecule has 2 saturated heterocycles. The second-order valence-electron chi connectivity index (χ2n) is 10.1. The molecule has 2 atom stereocenters. The van der Waals surface area contributed by atoms with Crippen LogP contribution in [0.1, 0.15) is 52.0 Å². The van der Waals surface area contributed by atoms with Crippen LogP contribution < -0.4 is 14.8 Å². The summed E-state index contributed by atoms with van der Waals surface area (Å²) in [6, 6.07) is 6.64. The number of methoxy groups -OCH3 is 1. The van der Waals surface area contributed by atoms with Gasteiger partial charge in [-0.05, 0) is 52.2 Å². The van der Waals surface area contributed by atoms with Crippen molar-refractivity contribution in [3.8, 4) is 11.5 Å². The highest BCUT2D eigenvalue weighted by molar-refractivity contribution is 5.46. The lowest BCUT2D eigenvalue weighted by Crippen LogP contribution is -2.62. The lowest BCUT2D eigenvalue weighted by molar-refractivity contribution is 0.0316. The summed E-state index contributed by atoms with van der Waals surface area (Å²) >= 11 is 0. The minimum Gasteiger partial charge on any atom is -0.497 e. The van der Waals surface area contributed by atoms with E-state index in [1.54, 1.807) is 7.11 Å². The average molecular weight is 375 g/mol. The molecular formula is C22H34N2O3. The van der Waals surface area contributed by atoms with E-state index >= 15 is 0 Å². The number of fused-ring (bicyclic) bond motifs is 3. The minimum absolute atomic E-state index is 0.119. The molecule has 0 radical (unpaired) electrons. The summed E-state index contributed by atoms with van der Waals surface area (Å²) in [5, 5.41) is 14.1. The first kappa shape index (κ1) is 19.0. The maximum absolute atomic E-state index is 10.4. The summed E-state index contributed by atoms with van der Waals surface area (Å²) < 4.78 is 11.5. The van der Waals surface area contributed by atoms with Gasteiger partial charge in [0, 0.05) is 47.6 Å². The van der Waals surface area contributed by atoms with E-state index in [0.717, 1.165) is 37.4 Å². The Morgan fingerprint density at radius 3 is 2.56 bits per heavy atom. The first-order valence-electron chi connectivity index (χ1n) is 10.1. The number of aliphatic hydroxyl groups is 1. The topological polar surface area (TPSA) is 54.0 Å². The van der Waals surface area contributed by atoms with Crippen molar-refractivity contribution in [2.45, 2.75) is 63.6 Å². The van der Waals surface area contributed by atoms with Crippen LogP contribution in [0.25, 0.3) is 0 Å². The van der Waals surface area contributed by atoms with Gasteiger partial charge in [0.05, 0.1) is 20.3 Å². The number of hydrogen-bond donors (Lipinski definition) is 2. The van der Waals surface area contributed by atoms with E-state index in [4.69, 9.17) is 9.47 Å². The van der Waals surface area contributed by atoms with Crippen LogP contribution in [0.2, 0.25) is 0 Å². The van der Waals surface area contributed by atoms with Crippen LogP contribution in [0.4, 0.5) is 0 Å². The van der Waals surface area contributed by atoms with Crippen LogP contribution in [0.15, 0.2) is 18.2 Å². The summed E-state index contributed by atoms with van der Waals surface area (Å²) in [6.45, 7) is 11.8. The molecule has 2 fully saturated rings. The predicted octanol–water partition coefficient (Wildman–Crippen LogP) is 2.77. The minimum atomic E-state index is -0.208. The third-order valence-corrected chi connectivity index (χ3v) is 6.79. The molecule has 3 aliphatic rings. The lowest BCUT2D eigenvalue weighted by Gasteiger charge is -2.49. The molecule has 150 valence electrons. The van der Waals surface area contributed by atoms with E-state index in [9.17, 15) is 5.11 Å². The van der Waals surface area contributed by atoms with Crippen molar-refractivity contribution in [1.29, 1.82) is 0 Å². The first-order chi connectivity index (χ1) is 12.7. The number of hydrogen-bond acceptors (Lipinski definition) is 5. The molecule has 1 aromatic rings. The molecule has 4 rings (SSSR count). The van der Waals surface area contributed by atoms with Crippen molar-refractivity contribution in [3.63, 3.8) is 0 Å². The van der Waals surface area contributed by atoms with E-state index in [2.05, 4.69) is 44.0 Å². The van der Waals surface area contributed by atoms with Gasteiger partial charge in [0.15, 0.2) is 0 Å². The van der Waals surface area contributed by atoms with E-state index < -0.39 is 0 Å². The number of ether oxygens (including phenoxy) is 2. The molecule has 0 saturated carbocycles.